The second kappa shape index (κ2) is 5.75. The Bertz CT molecular complexity index is 709. The number of hydrogen-bond donors (Lipinski definition) is 1. The smallest absolute Gasteiger partial charge is 0.274 e. The van der Waals surface area contributed by atoms with Crippen LogP contribution in [-0.4, -0.2) is 50.4 Å². The zero-order chi connectivity index (χ0) is 15.7. The third-order valence-electron chi connectivity index (χ3n) is 3.78. The van der Waals surface area contributed by atoms with Crippen molar-refractivity contribution in [3.05, 3.63) is 30.2 Å². The Labute approximate surface area is 128 Å². The molecule has 1 aliphatic heterocycles. The minimum atomic E-state index is -0.435. The van der Waals surface area contributed by atoms with Gasteiger partial charge in [0.05, 0.1) is 6.20 Å². The summed E-state index contributed by atoms with van der Waals surface area (Å²) >= 11 is 0. The highest BCUT2D eigenvalue weighted by atomic mass is 16.2. The lowest BCUT2D eigenvalue weighted by atomic mass is 10.00. The van der Waals surface area contributed by atoms with E-state index in [4.69, 9.17) is 0 Å². The van der Waals surface area contributed by atoms with E-state index in [1.165, 1.54) is 10.7 Å². The van der Waals surface area contributed by atoms with Crippen molar-refractivity contribution in [2.45, 2.75) is 26.3 Å². The molecule has 2 amide bonds. The average molecular weight is 301 g/mol. The maximum Gasteiger partial charge on any atom is 0.274 e. The predicted molar refractivity (Wildman–Crippen MR) is 80.3 cm³/mol. The fourth-order valence-electron chi connectivity index (χ4n) is 2.76. The molecule has 1 saturated heterocycles. The summed E-state index contributed by atoms with van der Waals surface area (Å²) in [4.78, 5) is 30.8. The van der Waals surface area contributed by atoms with Gasteiger partial charge in [-0.15, -0.1) is 0 Å². The Morgan fingerprint density at radius 2 is 2.32 bits per heavy atom. The molecule has 0 radical (unpaired) electrons. The Balaban J connectivity index is 1.93. The van der Waals surface area contributed by atoms with E-state index in [1.807, 2.05) is 13.8 Å². The molecule has 0 bridgehead atoms. The number of aromatic nitrogens is 3. The zero-order valence-corrected chi connectivity index (χ0v) is 12.7. The Morgan fingerprint density at radius 1 is 1.50 bits per heavy atom. The monoisotopic (exact) mass is 301 g/mol. The van der Waals surface area contributed by atoms with Gasteiger partial charge in [0.25, 0.3) is 5.91 Å². The van der Waals surface area contributed by atoms with Gasteiger partial charge in [-0.1, -0.05) is 13.8 Å². The minimum Gasteiger partial charge on any atom is -0.353 e. The lowest BCUT2D eigenvalue weighted by Crippen LogP contribution is -2.57. The minimum absolute atomic E-state index is 0.0879. The lowest BCUT2D eigenvalue weighted by molar-refractivity contribution is -0.128. The number of rotatable bonds is 3. The molecular weight excluding hydrogens is 282 g/mol. The quantitative estimate of drug-likeness (QED) is 0.906. The zero-order valence-electron chi connectivity index (χ0n) is 12.7. The van der Waals surface area contributed by atoms with Gasteiger partial charge in [-0.2, -0.15) is 5.10 Å². The standard InChI is InChI=1S/C15H19N5O2/c1-10(2)8-11-14(21)16-6-7-19(11)15(22)12-9-17-13-4-3-5-18-20(12)13/h3-5,9-11H,6-8H2,1-2H3,(H,16,21). The van der Waals surface area contributed by atoms with Crippen LogP contribution in [0.4, 0.5) is 0 Å². The normalized spacial score (nSPS) is 18.8. The van der Waals surface area contributed by atoms with Gasteiger partial charge in [0.1, 0.15) is 6.04 Å². The van der Waals surface area contributed by atoms with E-state index in [2.05, 4.69) is 15.4 Å². The number of fused-ring (bicyclic) bond motifs is 1. The number of nitrogens with one attached hydrogen (secondary N) is 1. The highest BCUT2D eigenvalue weighted by Crippen LogP contribution is 2.18. The summed E-state index contributed by atoms with van der Waals surface area (Å²) in [7, 11) is 0. The lowest BCUT2D eigenvalue weighted by Gasteiger charge is -2.35. The number of amides is 2. The van der Waals surface area contributed by atoms with Crippen LogP contribution < -0.4 is 5.32 Å². The third kappa shape index (κ3) is 2.54. The van der Waals surface area contributed by atoms with Crippen molar-refractivity contribution in [3.63, 3.8) is 0 Å². The number of nitrogens with zero attached hydrogens (tertiary/aromatic N) is 4. The molecule has 3 heterocycles. The van der Waals surface area contributed by atoms with Gasteiger partial charge in [0.2, 0.25) is 5.91 Å². The van der Waals surface area contributed by atoms with E-state index in [0.29, 0.717) is 36.8 Å². The summed E-state index contributed by atoms with van der Waals surface area (Å²) < 4.78 is 1.52. The van der Waals surface area contributed by atoms with E-state index in [1.54, 1.807) is 23.2 Å². The molecule has 1 fully saturated rings. The second-order valence-electron chi connectivity index (χ2n) is 5.87. The second-order valence-corrected chi connectivity index (χ2v) is 5.87. The summed E-state index contributed by atoms with van der Waals surface area (Å²) in [6.45, 7) is 5.06. The van der Waals surface area contributed by atoms with E-state index in [-0.39, 0.29) is 11.8 Å². The SMILES string of the molecule is CC(C)CC1C(=O)NCCN1C(=O)c1cnc2cccnn12. The molecular formula is C15H19N5O2. The van der Waals surface area contributed by atoms with E-state index >= 15 is 0 Å². The molecule has 3 rings (SSSR count). The van der Waals surface area contributed by atoms with Crippen LogP contribution in [0.25, 0.3) is 5.65 Å². The van der Waals surface area contributed by atoms with Crippen molar-refractivity contribution in [1.82, 2.24) is 24.8 Å². The molecule has 1 atom stereocenters. The topological polar surface area (TPSA) is 79.6 Å². The number of carbonyl (C=O) groups is 2. The fraction of sp³-hybridized carbons (Fsp3) is 0.467. The third-order valence-corrected chi connectivity index (χ3v) is 3.78. The molecule has 0 aromatic carbocycles. The molecule has 22 heavy (non-hydrogen) atoms. The molecule has 0 spiro atoms. The largest absolute Gasteiger partial charge is 0.353 e. The van der Waals surface area contributed by atoms with Crippen molar-refractivity contribution >= 4 is 17.5 Å². The molecule has 1 unspecified atom stereocenters. The van der Waals surface area contributed by atoms with Gasteiger partial charge in [0.15, 0.2) is 11.3 Å². The summed E-state index contributed by atoms with van der Waals surface area (Å²) in [6.07, 6.45) is 3.77. The van der Waals surface area contributed by atoms with Crippen LogP contribution in [0, 0.1) is 5.92 Å². The van der Waals surface area contributed by atoms with Crippen molar-refractivity contribution in [2.75, 3.05) is 13.1 Å². The summed E-state index contributed by atoms with van der Waals surface area (Å²) in [6, 6.07) is 3.13. The van der Waals surface area contributed by atoms with Crippen molar-refractivity contribution in [2.24, 2.45) is 5.92 Å². The molecule has 2 aromatic rings. The summed E-state index contributed by atoms with van der Waals surface area (Å²) in [5.41, 5.74) is 1.01. The molecule has 1 N–H and O–H groups in total. The first-order chi connectivity index (χ1) is 10.6. The van der Waals surface area contributed by atoms with Crippen LogP contribution >= 0.6 is 0 Å². The van der Waals surface area contributed by atoms with Crippen molar-refractivity contribution < 1.29 is 9.59 Å². The van der Waals surface area contributed by atoms with Gasteiger partial charge >= 0.3 is 0 Å². The van der Waals surface area contributed by atoms with Crippen LogP contribution in [-0.2, 0) is 4.79 Å². The summed E-state index contributed by atoms with van der Waals surface area (Å²) in [5.74, 6) is 0.0336. The molecule has 1 aliphatic rings. The number of piperazine rings is 1. The van der Waals surface area contributed by atoms with Gasteiger partial charge < -0.3 is 10.2 Å². The molecule has 0 saturated carbocycles. The highest BCUT2D eigenvalue weighted by Gasteiger charge is 2.35. The number of carbonyl (C=O) groups excluding carboxylic acids is 2. The molecule has 7 nitrogen and oxygen atoms in total. The van der Waals surface area contributed by atoms with Gasteiger partial charge in [-0.3, -0.25) is 9.59 Å². The average Bonchev–Trinajstić information content (AvgIpc) is 2.92. The van der Waals surface area contributed by atoms with E-state index < -0.39 is 6.04 Å². The highest BCUT2D eigenvalue weighted by molar-refractivity contribution is 5.97. The fourth-order valence-corrected chi connectivity index (χ4v) is 2.76. The van der Waals surface area contributed by atoms with Gasteiger partial charge in [-0.25, -0.2) is 9.50 Å². The van der Waals surface area contributed by atoms with Crippen molar-refractivity contribution in [1.29, 1.82) is 0 Å². The van der Waals surface area contributed by atoms with Crippen LogP contribution in [0.15, 0.2) is 24.5 Å². The first kappa shape index (κ1) is 14.5. The van der Waals surface area contributed by atoms with E-state index in [9.17, 15) is 9.59 Å². The van der Waals surface area contributed by atoms with Gasteiger partial charge in [-0.05, 0) is 24.5 Å². The predicted octanol–water partition coefficient (Wildman–Crippen LogP) is 0.716. The van der Waals surface area contributed by atoms with Gasteiger partial charge in [0, 0.05) is 19.3 Å². The van der Waals surface area contributed by atoms with Crippen LogP contribution in [0.5, 0.6) is 0 Å². The number of hydrogen-bond acceptors (Lipinski definition) is 4. The molecule has 116 valence electrons. The molecule has 2 aromatic heterocycles. The molecule has 0 aliphatic carbocycles. The number of imidazole rings is 1. The Hall–Kier alpha value is -2.44. The Kier molecular flexibility index (Phi) is 3.79. The summed E-state index contributed by atoms with van der Waals surface area (Å²) in [5, 5.41) is 7.00. The van der Waals surface area contributed by atoms with E-state index in [0.717, 1.165) is 0 Å². The maximum atomic E-state index is 12.9. The van der Waals surface area contributed by atoms with Crippen LogP contribution in [0.1, 0.15) is 30.8 Å². The first-order valence-electron chi connectivity index (χ1n) is 7.45. The molecule has 7 heteroatoms. The Morgan fingerprint density at radius 3 is 3.09 bits per heavy atom. The van der Waals surface area contributed by atoms with Crippen molar-refractivity contribution in [3.8, 4) is 0 Å². The first-order valence-corrected chi connectivity index (χ1v) is 7.45. The maximum absolute atomic E-state index is 12.9. The van der Waals surface area contributed by atoms with Crippen LogP contribution in [0.2, 0.25) is 0 Å². The van der Waals surface area contributed by atoms with Crippen LogP contribution in [0.3, 0.4) is 0 Å².